The van der Waals surface area contributed by atoms with Gasteiger partial charge in [-0.1, -0.05) is 59.3 Å². The zero-order chi connectivity index (χ0) is 18.7. The van der Waals surface area contributed by atoms with Crippen LogP contribution in [-0.4, -0.2) is 14.3 Å². The fourth-order valence-electron chi connectivity index (χ4n) is 2.42. The fraction of sp³-hybridized carbons (Fsp3) is 0.167. The number of benzene rings is 2. The molecular formula is C18H15Cl2N3OS2. The van der Waals surface area contributed by atoms with Crippen molar-refractivity contribution in [2.24, 2.45) is 0 Å². The minimum absolute atomic E-state index is 0.127. The van der Waals surface area contributed by atoms with Crippen LogP contribution in [0.3, 0.4) is 0 Å². The molecule has 0 amide bonds. The van der Waals surface area contributed by atoms with Gasteiger partial charge in [0.25, 0.3) is 5.56 Å². The lowest BCUT2D eigenvalue weighted by molar-refractivity contribution is 0.940. The number of nitrogens with one attached hydrogen (secondary N) is 2. The number of hydrogen-bond acceptors (Lipinski definition) is 4. The average Bonchev–Trinajstić information content (AvgIpc) is 2.59. The van der Waals surface area contributed by atoms with Gasteiger partial charge in [-0.05, 0) is 42.3 Å². The molecule has 134 valence electrons. The molecule has 0 aliphatic rings. The monoisotopic (exact) mass is 423 g/mol. The molecule has 0 saturated carbocycles. The first kappa shape index (κ1) is 19.2. The summed E-state index contributed by atoms with van der Waals surface area (Å²) in [5.41, 5.74) is 2.50. The van der Waals surface area contributed by atoms with E-state index in [4.69, 9.17) is 35.4 Å². The summed E-state index contributed by atoms with van der Waals surface area (Å²) in [4.78, 5) is 19.1. The van der Waals surface area contributed by atoms with E-state index in [0.29, 0.717) is 43.4 Å². The summed E-state index contributed by atoms with van der Waals surface area (Å²) in [7, 11) is 0. The van der Waals surface area contributed by atoms with Crippen molar-refractivity contribution in [3.63, 3.8) is 0 Å². The van der Waals surface area contributed by atoms with E-state index in [1.807, 2.05) is 24.3 Å². The molecule has 2 aromatic carbocycles. The van der Waals surface area contributed by atoms with Gasteiger partial charge in [-0.3, -0.25) is 4.79 Å². The van der Waals surface area contributed by atoms with Crippen molar-refractivity contribution in [3.05, 3.63) is 73.7 Å². The lowest BCUT2D eigenvalue weighted by Crippen LogP contribution is -2.18. The average molecular weight is 424 g/mol. The SMILES string of the molecule is Cc1nc2ccc(CSC(=S)NCc3ccc(Cl)cc3Cl)cc2c(=O)[nH]1. The van der Waals surface area contributed by atoms with Crippen LogP contribution in [0.1, 0.15) is 17.0 Å². The predicted molar refractivity (Wildman–Crippen MR) is 114 cm³/mol. The number of aromatic amines is 1. The summed E-state index contributed by atoms with van der Waals surface area (Å²) >= 11 is 18.9. The Morgan fingerprint density at radius 1 is 1.27 bits per heavy atom. The summed E-state index contributed by atoms with van der Waals surface area (Å²) in [5.74, 6) is 1.26. The summed E-state index contributed by atoms with van der Waals surface area (Å²) < 4.78 is 0.659. The highest BCUT2D eigenvalue weighted by Gasteiger charge is 2.06. The van der Waals surface area contributed by atoms with Crippen LogP contribution in [0.25, 0.3) is 10.9 Å². The van der Waals surface area contributed by atoms with E-state index in [1.54, 1.807) is 19.1 Å². The van der Waals surface area contributed by atoms with Crippen molar-refractivity contribution in [2.45, 2.75) is 19.2 Å². The number of rotatable bonds is 4. The summed E-state index contributed by atoms with van der Waals surface area (Å²) in [6, 6.07) is 11.0. The zero-order valence-electron chi connectivity index (χ0n) is 13.8. The van der Waals surface area contributed by atoms with Crippen molar-refractivity contribution in [3.8, 4) is 0 Å². The molecule has 0 atom stereocenters. The van der Waals surface area contributed by atoms with Gasteiger partial charge in [0, 0.05) is 22.3 Å². The minimum atomic E-state index is -0.127. The second kappa shape index (κ2) is 8.39. The van der Waals surface area contributed by atoms with Crippen molar-refractivity contribution in [1.82, 2.24) is 15.3 Å². The zero-order valence-corrected chi connectivity index (χ0v) is 17.0. The highest BCUT2D eigenvalue weighted by molar-refractivity contribution is 8.22. The molecule has 1 aromatic heterocycles. The van der Waals surface area contributed by atoms with Gasteiger partial charge in [0.05, 0.1) is 10.9 Å². The van der Waals surface area contributed by atoms with Gasteiger partial charge in [-0.25, -0.2) is 4.98 Å². The third kappa shape index (κ3) is 4.76. The molecule has 0 aliphatic heterocycles. The maximum atomic E-state index is 12.0. The van der Waals surface area contributed by atoms with Crippen LogP contribution in [-0.2, 0) is 12.3 Å². The smallest absolute Gasteiger partial charge is 0.258 e. The van der Waals surface area contributed by atoms with E-state index in [2.05, 4.69) is 15.3 Å². The second-order valence-electron chi connectivity index (χ2n) is 5.67. The molecule has 0 saturated heterocycles. The Morgan fingerprint density at radius 3 is 2.85 bits per heavy atom. The van der Waals surface area contributed by atoms with Gasteiger partial charge in [-0.2, -0.15) is 0 Å². The molecular weight excluding hydrogens is 409 g/mol. The second-order valence-corrected chi connectivity index (χ2v) is 8.16. The Labute approximate surface area is 170 Å². The fourth-order valence-corrected chi connectivity index (χ4v) is 3.80. The normalized spacial score (nSPS) is 10.9. The van der Waals surface area contributed by atoms with E-state index in [9.17, 15) is 4.79 Å². The Balaban J connectivity index is 1.60. The summed E-state index contributed by atoms with van der Waals surface area (Å²) in [5, 5.41) is 4.97. The van der Waals surface area contributed by atoms with E-state index >= 15 is 0 Å². The topological polar surface area (TPSA) is 57.8 Å². The molecule has 4 nitrogen and oxygen atoms in total. The lowest BCUT2D eigenvalue weighted by atomic mass is 10.2. The predicted octanol–water partition coefficient (Wildman–Crippen LogP) is 4.85. The maximum Gasteiger partial charge on any atom is 0.258 e. The highest BCUT2D eigenvalue weighted by atomic mass is 35.5. The first-order valence-electron chi connectivity index (χ1n) is 7.76. The van der Waals surface area contributed by atoms with Crippen LogP contribution in [0, 0.1) is 6.92 Å². The Kier molecular flexibility index (Phi) is 6.19. The molecule has 3 aromatic rings. The van der Waals surface area contributed by atoms with Crippen LogP contribution in [0.15, 0.2) is 41.2 Å². The number of thiocarbonyl (C=S) groups is 1. The van der Waals surface area contributed by atoms with Crippen molar-refractivity contribution < 1.29 is 0 Å². The lowest BCUT2D eigenvalue weighted by Gasteiger charge is -2.09. The Hall–Kier alpha value is -1.60. The standard InChI is InChI=1S/C18H15Cl2N3OS2/c1-10-22-16-5-2-11(6-14(16)17(24)23-10)9-26-18(25)21-8-12-3-4-13(19)7-15(12)20/h2-7H,8-9H2,1H3,(H,21,25)(H,22,23,24). The number of H-pyrrole nitrogens is 1. The maximum absolute atomic E-state index is 12.0. The molecule has 2 N–H and O–H groups in total. The first-order chi connectivity index (χ1) is 12.4. The molecule has 0 aliphatic carbocycles. The first-order valence-corrected chi connectivity index (χ1v) is 9.91. The molecule has 0 spiro atoms. The molecule has 8 heteroatoms. The van der Waals surface area contributed by atoms with Crippen LogP contribution >= 0.6 is 47.2 Å². The van der Waals surface area contributed by atoms with Crippen LogP contribution in [0.2, 0.25) is 10.0 Å². The highest BCUT2D eigenvalue weighted by Crippen LogP contribution is 2.21. The van der Waals surface area contributed by atoms with E-state index in [1.165, 1.54) is 11.8 Å². The Bertz CT molecular complexity index is 1040. The third-order valence-corrected chi connectivity index (χ3v) is 5.67. The van der Waals surface area contributed by atoms with Crippen LogP contribution in [0.4, 0.5) is 0 Å². The van der Waals surface area contributed by atoms with Gasteiger partial charge in [-0.15, -0.1) is 0 Å². The number of aryl methyl sites for hydroxylation is 1. The number of hydrogen-bond donors (Lipinski definition) is 2. The summed E-state index contributed by atoms with van der Waals surface area (Å²) in [6.45, 7) is 2.30. The molecule has 1 heterocycles. The summed E-state index contributed by atoms with van der Waals surface area (Å²) in [6.07, 6.45) is 0. The molecule has 0 fully saturated rings. The van der Waals surface area contributed by atoms with Gasteiger partial charge in [0.15, 0.2) is 0 Å². The number of fused-ring (bicyclic) bond motifs is 1. The van der Waals surface area contributed by atoms with Crippen molar-refractivity contribution in [2.75, 3.05) is 0 Å². The molecule has 26 heavy (non-hydrogen) atoms. The van der Waals surface area contributed by atoms with Crippen molar-refractivity contribution in [1.29, 1.82) is 0 Å². The van der Waals surface area contributed by atoms with Gasteiger partial charge < -0.3 is 10.3 Å². The molecule has 0 bridgehead atoms. The van der Waals surface area contributed by atoms with Gasteiger partial charge in [0.1, 0.15) is 10.1 Å². The van der Waals surface area contributed by atoms with Crippen molar-refractivity contribution >= 4 is 62.4 Å². The number of aromatic nitrogens is 2. The third-order valence-electron chi connectivity index (χ3n) is 3.70. The number of thioether (sulfide) groups is 1. The largest absolute Gasteiger partial charge is 0.367 e. The number of halogens is 2. The van der Waals surface area contributed by atoms with Gasteiger partial charge >= 0.3 is 0 Å². The molecule has 3 rings (SSSR count). The Morgan fingerprint density at radius 2 is 2.08 bits per heavy atom. The van der Waals surface area contributed by atoms with E-state index in [0.717, 1.165) is 11.1 Å². The minimum Gasteiger partial charge on any atom is -0.367 e. The molecule has 0 radical (unpaired) electrons. The van der Waals surface area contributed by atoms with Crippen LogP contribution in [0.5, 0.6) is 0 Å². The van der Waals surface area contributed by atoms with Gasteiger partial charge in [0.2, 0.25) is 0 Å². The molecule has 0 unspecified atom stereocenters. The van der Waals surface area contributed by atoms with E-state index in [-0.39, 0.29) is 5.56 Å². The number of nitrogens with zero attached hydrogens (tertiary/aromatic N) is 1. The van der Waals surface area contributed by atoms with Crippen LogP contribution < -0.4 is 10.9 Å². The quantitative estimate of drug-likeness (QED) is 0.587. The van der Waals surface area contributed by atoms with E-state index < -0.39 is 0 Å².